The van der Waals surface area contributed by atoms with Crippen molar-refractivity contribution in [1.82, 2.24) is 9.97 Å². The van der Waals surface area contributed by atoms with E-state index in [1.54, 1.807) is 23.6 Å². The maximum Gasteiger partial charge on any atom is 0.417 e. The Balaban J connectivity index is 2.00. The average Bonchev–Trinajstić information content (AvgIpc) is 2.91. The molecule has 0 aliphatic carbocycles. The molecular weight excluding hydrogens is 302 g/mol. The van der Waals surface area contributed by atoms with Gasteiger partial charge in [-0.2, -0.15) is 0 Å². The molecule has 20 heavy (non-hydrogen) atoms. The predicted molar refractivity (Wildman–Crippen MR) is 76.4 cm³/mol. The van der Waals surface area contributed by atoms with Gasteiger partial charge in [-0.1, -0.05) is 6.07 Å². The molecule has 0 fully saturated rings. The Labute approximate surface area is 117 Å². The summed E-state index contributed by atoms with van der Waals surface area (Å²) in [4.78, 5) is 17.8. The molecule has 3 aromatic rings. The van der Waals surface area contributed by atoms with E-state index in [1.165, 1.54) is 11.3 Å². The molecular formula is C11H9N3O4S2. The number of thiazole rings is 1. The number of H-pyrrole nitrogens is 1. The zero-order chi connectivity index (χ0) is 14.3. The number of hydrogen-bond donors (Lipinski definition) is 2. The van der Waals surface area contributed by atoms with Crippen LogP contribution in [0.3, 0.4) is 0 Å². The highest BCUT2D eigenvalue weighted by Gasteiger charge is 2.10. The third kappa shape index (κ3) is 2.58. The smallest absolute Gasteiger partial charge is 0.408 e. The van der Waals surface area contributed by atoms with Crippen molar-refractivity contribution in [2.45, 2.75) is 0 Å². The number of aromatic amines is 1. The van der Waals surface area contributed by atoms with E-state index in [1.807, 2.05) is 0 Å². The summed E-state index contributed by atoms with van der Waals surface area (Å²) < 4.78 is 29.5. The van der Waals surface area contributed by atoms with Crippen LogP contribution in [0.15, 0.2) is 32.8 Å². The molecule has 2 aromatic heterocycles. The summed E-state index contributed by atoms with van der Waals surface area (Å²) >= 11 is 1.18. The summed E-state index contributed by atoms with van der Waals surface area (Å²) in [5.41, 5.74) is 2.37. The van der Waals surface area contributed by atoms with E-state index in [-0.39, 0.29) is 5.13 Å². The first-order valence-corrected chi connectivity index (χ1v) is 8.24. The normalized spacial score (nSPS) is 11.8. The van der Waals surface area contributed by atoms with E-state index in [9.17, 15) is 13.2 Å². The molecule has 3 rings (SSSR count). The lowest BCUT2D eigenvalue weighted by Gasteiger charge is -1.98. The number of oxazole rings is 1. The number of anilines is 1. The zero-order valence-corrected chi connectivity index (χ0v) is 11.8. The monoisotopic (exact) mass is 311 g/mol. The molecule has 0 aliphatic rings. The van der Waals surface area contributed by atoms with E-state index in [4.69, 9.17) is 4.42 Å². The van der Waals surface area contributed by atoms with Crippen LogP contribution in [-0.4, -0.2) is 24.6 Å². The fourth-order valence-corrected chi connectivity index (χ4v) is 3.29. The summed E-state index contributed by atoms with van der Waals surface area (Å²) in [5.74, 6) is -0.519. The van der Waals surface area contributed by atoms with Gasteiger partial charge in [0.1, 0.15) is 0 Å². The third-order valence-electron chi connectivity index (χ3n) is 2.49. The van der Waals surface area contributed by atoms with Crippen molar-refractivity contribution in [1.29, 1.82) is 0 Å². The van der Waals surface area contributed by atoms with Gasteiger partial charge in [-0.05, 0) is 12.1 Å². The van der Waals surface area contributed by atoms with Gasteiger partial charge in [-0.25, -0.2) is 18.2 Å². The van der Waals surface area contributed by atoms with Crippen LogP contribution in [0, 0.1) is 0 Å². The molecule has 2 heterocycles. The van der Waals surface area contributed by atoms with Crippen molar-refractivity contribution in [3.05, 3.63) is 34.1 Å². The van der Waals surface area contributed by atoms with Crippen LogP contribution in [0.5, 0.6) is 0 Å². The summed E-state index contributed by atoms with van der Waals surface area (Å²) in [6.07, 6.45) is 1.06. The summed E-state index contributed by atoms with van der Waals surface area (Å²) in [5, 5.41) is 2.01. The number of rotatable bonds is 3. The minimum atomic E-state index is -3.34. The minimum absolute atomic E-state index is 0.290. The molecule has 0 saturated carbocycles. The second kappa shape index (κ2) is 4.46. The third-order valence-corrected chi connectivity index (χ3v) is 3.94. The fraction of sp³-hybridized carbons (Fsp3) is 0.0909. The molecule has 0 amide bonds. The van der Waals surface area contributed by atoms with Crippen LogP contribution in [-0.2, 0) is 10.0 Å². The van der Waals surface area contributed by atoms with Gasteiger partial charge in [0.15, 0.2) is 10.7 Å². The highest BCUT2D eigenvalue weighted by Crippen LogP contribution is 2.27. The van der Waals surface area contributed by atoms with Crippen molar-refractivity contribution >= 4 is 37.6 Å². The second-order valence-corrected chi connectivity index (χ2v) is 6.74. The molecule has 0 bridgehead atoms. The van der Waals surface area contributed by atoms with Crippen molar-refractivity contribution in [3.63, 3.8) is 0 Å². The fourth-order valence-electron chi connectivity index (χ4n) is 1.72. The van der Waals surface area contributed by atoms with Gasteiger partial charge in [-0.15, -0.1) is 11.3 Å². The number of nitrogens with zero attached hydrogens (tertiary/aromatic N) is 1. The molecule has 0 radical (unpaired) electrons. The molecule has 0 aliphatic heterocycles. The van der Waals surface area contributed by atoms with Gasteiger partial charge >= 0.3 is 5.76 Å². The van der Waals surface area contributed by atoms with Crippen LogP contribution in [0.25, 0.3) is 22.4 Å². The molecule has 0 spiro atoms. The number of benzene rings is 1. The second-order valence-electron chi connectivity index (χ2n) is 4.14. The molecule has 0 atom stereocenters. The van der Waals surface area contributed by atoms with Crippen LogP contribution in [0.4, 0.5) is 5.13 Å². The van der Waals surface area contributed by atoms with Gasteiger partial charge in [-0.3, -0.25) is 9.71 Å². The van der Waals surface area contributed by atoms with Crippen molar-refractivity contribution in [2.75, 3.05) is 11.0 Å². The standard InChI is InChI=1S/C11H9N3O4S2/c1-20(16,17)14-10-12-8(5-19-10)6-2-3-7-9(4-6)18-11(15)13-7/h2-5H,1H3,(H,12,14)(H,13,15). The summed E-state index contributed by atoms with van der Waals surface area (Å²) in [6.45, 7) is 0. The summed E-state index contributed by atoms with van der Waals surface area (Å²) in [7, 11) is -3.34. The Morgan fingerprint density at radius 1 is 1.40 bits per heavy atom. The van der Waals surface area contributed by atoms with Gasteiger partial charge < -0.3 is 4.42 Å². The van der Waals surface area contributed by atoms with Gasteiger partial charge in [0, 0.05) is 10.9 Å². The number of hydrogen-bond acceptors (Lipinski definition) is 6. The number of nitrogens with one attached hydrogen (secondary N) is 2. The number of aromatic nitrogens is 2. The Morgan fingerprint density at radius 2 is 2.20 bits per heavy atom. The number of sulfonamides is 1. The average molecular weight is 311 g/mol. The maximum atomic E-state index is 11.1. The van der Waals surface area contributed by atoms with Gasteiger partial charge in [0.2, 0.25) is 10.0 Å². The Kier molecular flexibility index (Phi) is 2.87. The van der Waals surface area contributed by atoms with E-state index in [0.29, 0.717) is 16.8 Å². The quantitative estimate of drug-likeness (QED) is 0.764. The largest absolute Gasteiger partial charge is 0.417 e. The first-order valence-electron chi connectivity index (χ1n) is 5.47. The highest BCUT2D eigenvalue weighted by molar-refractivity contribution is 7.92. The molecule has 0 saturated heterocycles. The lowest BCUT2D eigenvalue weighted by molar-refractivity contribution is 0.555. The van der Waals surface area contributed by atoms with E-state index in [2.05, 4.69) is 14.7 Å². The summed E-state index contributed by atoms with van der Waals surface area (Å²) in [6, 6.07) is 5.15. The minimum Gasteiger partial charge on any atom is -0.408 e. The molecule has 2 N–H and O–H groups in total. The Morgan fingerprint density at radius 3 is 2.95 bits per heavy atom. The van der Waals surface area contributed by atoms with Gasteiger partial charge in [0.05, 0.1) is 17.5 Å². The van der Waals surface area contributed by atoms with Crippen LogP contribution in [0.1, 0.15) is 0 Å². The molecule has 1 aromatic carbocycles. The highest BCUT2D eigenvalue weighted by atomic mass is 32.2. The Hall–Kier alpha value is -2.13. The topological polar surface area (TPSA) is 105 Å². The molecule has 7 nitrogen and oxygen atoms in total. The zero-order valence-electron chi connectivity index (χ0n) is 10.2. The van der Waals surface area contributed by atoms with Crippen molar-refractivity contribution in [3.8, 4) is 11.3 Å². The first kappa shape index (κ1) is 12.9. The van der Waals surface area contributed by atoms with Crippen LogP contribution in [0.2, 0.25) is 0 Å². The van der Waals surface area contributed by atoms with E-state index >= 15 is 0 Å². The molecule has 9 heteroatoms. The first-order chi connectivity index (χ1) is 9.40. The SMILES string of the molecule is CS(=O)(=O)Nc1nc(-c2ccc3[nH]c(=O)oc3c2)cs1. The van der Waals surface area contributed by atoms with Crippen molar-refractivity contribution < 1.29 is 12.8 Å². The molecule has 0 unspecified atom stereocenters. The lowest BCUT2D eigenvalue weighted by Crippen LogP contribution is -2.08. The predicted octanol–water partition coefficient (Wildman–Crippen LogP) is 1.62. The van der Waals surface area contributed by atoms with Crippen LogP contribution < -0.4 is 10.5 Å². The van der Waals surface area contributed by atoms with E-state index < -0.39 is 15.8 Å². The maximum absolute atomic E-state index is 11.1. The van der Waals surface area contributed by atoms with Crippen molar-refractivity contribution in [2.24, 2.45) is 0 Å². The van der Waals surface area contributed by atoms with Gasteiger partial charge in [0.25, 0.3) is 0 Å². The lowest BCUT2D eigenvalue weighted by atomic mass is 10.1. The van der Waals surface area contributed by atoms with Crippen LogP contribution >= 0.6 is 11.3 Å². The molecule has 104 valence electrons. The van der Waals surface area contributed by atoms with E-state index in [0.717, 1.165) is 11.8 Å². The number of fused-ring (bicyclic) bond motifs is 1. The Bertz CT molecular complexity index is 936.